The van der Waals surface area contributed by atoms with E-state index in [9.17, 15) is 0 Å². The Morgan fingerprint density at radius 3 is 1.88 bits per heavy atom. The van der Waals surface area contributed by atoms with Crippen LogP contribution >= 0.6 is 0 Å². The van der Waals surface area contributed by atoms with Crippen LogP contribution in [0, 0.1) is 11.6 Å². The van der Waals surface area contributed by atoms with Crippen molar-refractivity contribution < 1.29 is 13.2 Å². The van der Waals surface area contributed by atoms with Gasteiger partial charge in [0.15, 0.2) is 5.58 Å². The lowest BCUT2D eigenvalue weighted by Gasteiger charge is -2.29. The molecule has 0 radical (unpaired) electrons. The highest BCUT2D eigenvalue weighted by Gasteiger charge is 2.22. The van der Waals surface area contributed by atoms with E-state index in [-0.39, 0.29) is 0 Å². The molecule has 50 heavy (non-hydrogen) atoms. The first-order valence-corrected chi connectivity index (χ1v) is 20.0. The minimum atomic E-state index is -1.58. The second-order valence-electron chi connectivity index (χ2n) is 13.5. The highest BCUT2D eigenvalue weighted by Crippen LogP contribution is 2.43. The van der Waals surface area contributed by atoms with Gasteiger partial charge in [0.2, 0.25) is 0 Å². The summed E-state index contributed by atoms with van der Waals surface area (Å²) >= 11 is 0. The lowest BCUT2D eigenvalue weighted by Crippen LogP contribution is -2.37. The first kappa shape index (κ1) is 31.4. The molecule has 0 aliphatic rings. The highest BCUT2D eigenvalue weighted by molar-refractivity contribution is 6.88. The van der Waals surface area contributed by atoms with Gasteiger partial charge >= 0.3 is 0 Å². The van der Waals surface area contributed by atoms with Gasteiger partial charge in [0.05, 0.1) is 31.3 Å². The maximum atomic E-state index is 15.8. The topological polar surface area (TPSA) is 42.2 Å². The summed E-state index contributed by atoms with van der Waals surface area (Å²) < 4.78 is 37.6. The number of fused-ring (bicyclic) bond motifs is 3. The van der Waals surface area contributed by atoms with E-state index in [0.29, 0.717) is 39.5 Å². The van der Waals surface area contributed by atoms with Gasteiger partial charge in [0.25, 0.3) is 0 Å². The number of para-hydroxylation sites is 2. The number of furan rings is 1. The Bertz CT molecular complexity index is 2510. The van der Waals surface area contributed by atoms with Crippen molar-refractivity contribution in [2.45, 2.75) is 19.6 Å². The molecular weight excluding hydrogens is 641 g/mol. The number of aromatic nitrogens is 2. The van der Waals surface area contributed by atoms with Crippen LogP contribution in [-0.2, 0) is 0 Å². The molecule has 0 aliphatic heterocycles. The third-order valence-electron chi connectivity index (χ3n) is 9.00. The molecule has 8 aromatic rings. The van der Waals surface area contributed by atoms with E-state index in [1.165, 1.54) is 29.5 Å². The highest BCUT2D eigenvalue weighted by atomic mass is 28.3. The van der Waals surface area contributed by atoms with Crippen LogP contribution in [0.4, 0.5) is 25.8 Å². The minimum Gasteiger partial charge on any atom is -0.454 e. The van der Waals surface area contributed by atoms with E-state index < -0.39 is 19.7 Å². The Morgan fingerprint density at radius 2 is 1.18 bits per heavy atom. The average molecular weight is 674 g/mol. The Hall–Kier alpha value is -5.92. The largest absolute Gasteiger partial charge is 0.454 e. The normalized spacial score (nSPS) is 11.7. The zero-order valence-corrected chi connectivity index (χ0v) is 28.9. The molecule has 0 aliphatic carbocycles. The van der Waals surface area contributed by atoms with Crippen LogP contribution in [0.3, 0.4) is 0 Å². The van der Waals surface area contributed by atoms with Gasteiger partial charge in [-0.1, -0.05) is 92.4 Å². The first-order valence-electron chi connectivity index (χ1n) is 16.5. The maximum absolute atomic E-state index is 15.8. The number of hydrogen-bond acceptors (Lipinski definition) is 4. The molecule has 7 heteroatoms. The predicted molar refractivity (Wildman–Crippen MR) is 203 cm³/mol. The molecule has 0 saturated heterocycles. The molecule has 0 saturated carbocycles. The van der Waals surface area contributed by atoms with Crippen molar-refractivity contribution in [3.05, 3.63) is 157 Å². The van der Waals surface area contributed by atoms with E-state index in [2.05, 4.69) is 30.7 Å². The summed E-state index contributed by atoms with van der Waals surface area (Å²) in [6.45, 7) is 6.80. The summed E-state index contributed by atoms with van der Waals surface area (Å²) in [6, 6.07) is 41.4. The van der Waals surface area contributed by atoms with Gasteiger partial charge in [-0.2, -0.15) is 0 Å². The van der Waals surface area contributed by atoms with Crippen molar-refractivity contribution in [3.8, 4) is 33.6 Å². The molecule has 0 bridgehead atoms. The molecule has 0 spiro atoms. The standard InChI is InChI=1S/C43H33F2N3OSi/c1-50(2,3)35-17-18-39(46-26-35)29-19-31(44)23-33(21-29)48(41-15-9-7-13-36(41)28-11-5-4-6-12-28)34-22-30(20-32(45)24-34)40-25-38-37-14-8-10-16-42(37)49-43(38)27-47-40/h4-27H,1-3H3. The number of anilines is 3. The number of hydrogen-bond donors (Lipinski definition) is 0. The fraction of sp³-hybridized carbons (Fsp3) is 0.0698. The van der Waals surface area contributed by atoms with Gasteiger partial charge in [-0.15, -0.1) is 0 Å². The van der Waals surface area contributed by atoms with Crippen molar-refractivity contribution in [2.75, 3.05) is 4.90 Å². The summed E-state index contributed by atoms with van der Waals surface area (Å²) in [5.41, 5.74) is 7.56. The number of benzene rings is 5. The Balaban J connectivity index is 1.32. The van der Waals surface area contributed by atoms with Crippen LogP contribution in [0.1, 0.15) is 0 Å². The summed E-state index contributed by atoms with van der Waals surface area (Å²) in [4.78, 5) is 11.3. The summed E-state index contributed by atoms with van der Waals surface area (Å²) in [5.74, 6) is -0.870. The number of rotatable bonds is 7. The van der Waals surface area contributed by atoms with E-state index in [4.69, 9.17) is 9.40 Å². The molecule has 244 valence electrons. The second kappa shape index (κ2) is 12.5. The molecular formula is C43H33F2N3OSi. The molecule has 0 fully saturated rings. The van der Waals surface area contributed by atoms with Crippen LogP contribution in [0.25, 0.3) is 55.6 Å². The average Bonchev–Trinajstić information content (AvgIpc) is 3.50. The zero-order chi connectivity index (χ0) is 34.4. The predicted octanol–water partition coefficient (Wildman–Crippen LogP) is 11.7. The smallest absolute Gasteiger partial charge is 0.153 e. The first-order chi connectivity index (χ1) is 24.2. The van der Waals surface area contributed by atoms with Crippen molar-refractivity contribution in [2.24, 2.45) is 0 Å². The van der Waals surface area contributed by atoms with Gasteiger partial charge < -0.3 is 9.32 Å². The molecule has 0 atom stereocenters. The monoisotopic (exact) mass is 673 g/mol. The second-order valence-corrected chi connectivity index (χ2v) is 18.5. The molecule has 4 nitrogen and oxygen atoms in total. The third-order valence-corrected chi connectivity index (χ3v) is 11.0. The lowest BCUT2D eigenvalue weighted by molar-refractivity contribution is 0.627. The maximum Gasteiger partial charge on any atom is 0.153 e. The molecule has 0 N–H and O–H groups in total. The zero-order valence-electron chi connectivity index (χ0n) is 27.9. The van der Waals surface area contributed by atoms with Crippen LogP contribution in [0.15, 0.2) is 150 Å². The Labute approximate surface area is 290 Å². The van der Waals surface area contributed by atoms with Gasteiger partial charge in [0, 0.05) is 45.0 Å². The SMILES string of the molecule is C[Si](C)(C)c1ccc(-c2cc(F)cc(N(c3cc(F)cc(-c4cc5c(cn4)oc4ccccc45)c3)c3ccccc3-c3ccccc3)c2)nc1. The number of halogens is 2. The van der Waals surface area contributed by atoms with Crippen LogP contribution in [-0.4, -0.2) is 18.0 Å². The van der Waals surface area contributed by atoms with Crippen molar-refractivity contribution in [1.29, 1.82) is 0 Å². The van der Waals surface area contributed by atoms with Crippen LogP contribution in [0.2, 0.25) is 19.6 Å². The van der Waals surface area contributed by atoms with Crippen LogP contribution in [0.5, 0.6) is 0 Å². The molecule has 3 aromatic heterocycles. The third kappa shape index (κ3) is 5.97. The molecule has 0 unspecified atom stereocenters. The Morgan fingerprint density at radius 1 is 0.540 bits per heavy atom. The van der Waals surface area contributed by atoms with E-state index in [1.54, 1.807) is 6.20 Å². The van der Waals surface area contributed by atoms with Crippen molar-refractivity contribution in [3.63, 3.8) is 0 Å². The summed E-state index contributed by atoms with van der Waals surface area (Å²) in [5, 5.41) is 3.07. The van der Waals surface area contributed by atoms with Gasteiger partial charge in [-0.3, -0.25) is 9.97 Å². The van der Waals surface area contributed by atoms with E-state index >= 15 is 8.78 Å². The molecule has 8 rings (SSSR count). The number of nitrogens with zero attached hydrogens (tertiary/aromatic N) is 3. The number of pyridine rings is 2. The molecule has 0 amide bonds. The summed E-state index contributed by atoms with van der Waals surface area (Å²) in [6.07, 6.45) is 3.58. The summed E-state index contributed by atoms with van der Waals surface area (Å²) in [7, 11) is -1.58. The lowest BCUT2D eigenvalue weighted by atomic mass is 10.0. The molecule has 3 heterocycles. The van der Waals surface area contributed by atoms with Gasteiger partial charge in [-0.25, -0.2) is 8.78 Å². The molecule has 5 aromatic carbocycles. The van der Waals surface area contributed by atoms with Crippen molar-refractivity contribution >= 4 is 52.3 Å². The van der Waals surface area contributed by atoms with E-state index in [1.807, 2.05) is 114 Å². The van der Waals surface area contributed by atoms with E-state index in [0.717, 1.165) is 33.2 Å². The Kier molecular flexibility index (Phi) is 7.84. The van der Waals surface area contributed by atoms with Gasteiger partial charge in [0.1, 0.15) is 17.2 Å². The quantitative estimate of drug-likeness (QED) is 0.158. The fourth-order valence-electron chi connectivity index (χ4n) is 6.46. The fourth-order valence-corrected chi connectivity index (χ4v) is 7.49. The minimum absolute atomic E-state index is 0.425. The van der Waals surface area contributed by atoms with Crippen LogP contribution < -0.4 is 10.1 Å². The van der Waals surface area contributed by atoms with Crippen molar-refractivity contribution in [1.82, 2.24) is 9.97 Å². The van der Waals surface area contributed by atoms with Gasteiger partial charge in [-0.05, 0) is 71.4 Å².